The molecule has 34 heavy (non-hydrogen) atoms. The summed E-state index contributed by atoms with van der Waals surface area (Å²) >= 11 is 0. The van der Waals surface area contributed by atoms with Gasteiger partial charge in [0.2, 0.25) is 5.91 Å². The van der Waals surface area contributed by atoms with Crippen LogP contribution in [0.5, 0.6) is 0 Å². The molecule has 2 heterocycles. The van der Waals surface area contributed by atoms with E-state index in [0.29, 0.717) is 19.4 Å². The first kappa shape index (κ1) is 22.4. The Morgan fingerprint density at radius 3 is 2.41 bits per heavy atom. The predicted octanol–water partition coefficient (Wildman–Crippen LogP) is 3.15. The molecule has 3 aliphatic rings. The van der Waals surface area contributed by atoms with Crippen molar-refractivity contribution in [3.8, 4) is 11.1 Å². The molecule has 0 radical (unpaired) electrons. The fraction of sp³-hybridized carbons (Fsp3) is 0.423. The van der Waals surface area contributed by atoms with Crippen molar-refractivity contribution in [2.24, 2.45) is 0 Å². The molecule has 5 rings (SSSR count). The third-order valence-electron chi connectivity index (χ3n) is 7.09. The summed E-state index contributed by atoms with van der Waals surface area (Å²) in [6.45, 7) is 2.43. The highest BCUT2D eigenvalue weighted by atomic mass is 16.5. The monoisotopic (exact) mass is 464 g/mol. The minimum absolute atomic E-state index is 0.00278. The number of ether oxygens (including phenoxy) is 2. The fourth-order valence-electron chi connectivity index (χ4n) is 5.58. The number of carboxylic acids is 1. The average molecular weight is 465 g/mol. The minimum atomic E-state index is -1.02. The molecule has 2 unspecified atom stereocenters. The SMILES string of the molecule is CC(CC(=O)N1C(C(=O)O)C[C@@H]2OCC[C@@H]21)NC(=O)OCC1c2ccccc2-c2ccccc21. The maximum absolute atomic E-state index is 13.0. The maximum Gasteiger partial charge on any atom is 0.407 e. The van der Waals surface area contributed by atoms with Crippen molar-refractivity contribution in [2.75, 3.05) is 13.2 Å². The summed E-state index contributed by atoms with van der Waals surface area (Å²) in [5, 5.41) is 12.3. The van der Waals surface area contributed by atoms with Crippen LogP contribution < -0.4 is 5.32 Å². The molecule has 2 aromatic rings. The molecule has 2 aromatic carbocycles. The number of hydrogen-bond donors (Lipinski definition) is 2. The molecule has 0 spiro atoms. The number of alkyl carbamates (subject to hydrolysis) is 1. The van der Waals surface area contributed by atoms with Crippen LogP contribution in [-0.2, 0) is 19.1 Å². The van der Waals surface area contributed by atoms with Gasteiger partial charge in [-0.15, -0.1) is 0 Å². The van der Waals surface area contributed by atoms with Crippen LogP contribution in [-0.4, -0.2) is 65.4 Å². The van der Waals surface area contributed by atoms with Crippen molar-refractivity contribution >= 4 is 18.0 Å². The summed E-state index contributed by atoms with van der Waals surface area (Å²) in [7, 11) is 0. The number of fused-ring (bicyclic) bond motifs is 4. The van der Waals surface area contributed by atoms with E-state index >= 15 is 0 Å². The van der Waals surface area contributed by atoms with E-state index in [1.165, 1.54) is 4.90 Å². The zero-order valence-corrected chi connectivity index (χ0v) is 19.0. The number of rotatable bonds is 6. The van der Waals surface area contributed by atoms with Gasteiger partial charge < -0.3 is 24.8 Å². The molecule has 2 N–H and O–H groups in total. The number of carboxylic acid groups (broad SMARTS) is 1. The Balaban J connectivity index is 1.18. The number of amides is 2. The van der Waals surface area contributed by atoms with Gasteiger partial charge in [-0.3, -0.25) is 4.79 Å². The largest absolute Gasteiger partial charge is 0.480 e. The molecular weight excluding hydrogens is 436 g/mol. The third-order valence-corrected chi connectivity index (χ3v) is 7.09. The molecule has 8 nitrogen and oxygen atoms in total. The number of aliphatic carboxylic acids is 1. The first-order valence-corrected chi connectivity index (χ1v) is 11.7. The lowest BCUT2D eigenvalue weighted by atomic mass is 9.98. The van der Waals surface area contributed by atoms with E-state index in [9.17, 15) is 19.5 Å². The highest BCUT2D eigenvalue weighted by molar-refractivity contribution is 5.85. The van der Waals surface area contributed by atoms with E-state index in [-0.39, 0.29) is 37.0 Å². The van der Waals surface area contributed by atoms with E-state index in [0.717, 1.165) is 22.3 Å². The number of likely N-dealkylation sites (tertiary alicyclic amines) is 1. The summed E-state index contributed by atoms with van der Waals surface area (Å²) < 4.78 is 11.1. The normalized spacial score (nSPS) is 23.7. The average Bonchev–Trinajstić information content (AvgIpc) is 3.49. The summed E-state index contributed by atoms with van der Waals surface area (Å²) in [6, 6.07) is 14.6. The van der Waals surface area contributed by atoms with Gasteiger partial charge in [-0.1, -0.05) is 48.5 Å². The van der Waals surface area contributed by atoms with Gasteiger partial charge in [0.1, 0.15) is 12.6 Å². The number of carbonyl (C=O) groups excluding carboxylic acids is 2. The highest BCUT2D eigenvalue weighted by Gasteiger charge is 2.49. The molecule has 178 valence electrons. The van der Waals surface area contributed by atoms with E-state index in [1.54, 1.807) is 6.92 Å². The van der Waals surface area contributed by atoms with Crippen LogP contribution in [0.2, 0.25) is 0 Å². The zero-order valence-electron chi connectivity index (χ0n) is 19.0. The number of benzene rings is 2. The van der Waals surface area contributed by atoms with Crippen molar-refractivity contribution in [1.82, 2.24) is 10.2 Å². The Morgan fingerprint density at radius 1 is 1.12 bits per heavy atom. The van der Waals surface area contributed by atoms with E-state index in [1.807, 2.05) is 24.3 Å². The Kier molecular flexibility index (Phi) is 6.00. The minimum Gasteiger partial charge on any atom is -0.480 e. The summed E-state index contributed by atoms with van der Waals surface area (Å²) in [5.41, 5.74) is 4.56. The molecule has 2 amide bonds. The lowest BCUT2D eigenvalue weighted by molar-refractivity contribution is -0.149. The predicted molar refractivity (Wildman–Crippen MR) is 123 cm³/mol. The van der Waals surface area contributed by atoms with Crippen molar-refractivity contribution in [3.05, 3.63) is 59.7 Å². The smallest absolute Gasteiger partial charge is 0.407 e. The van der Waals surface area contributed by atoms with Crippen LogP contribution >= 0.6 is 0 Å². The summed E-state index contributed by atoms with van der Waals surface area (Å²) in [4.78, 5) is 38.6. The van der Waals surface area contributed by atoms with E-state index in [4.69, 9.17) is 9.47 Å². The van der Waals surface area contributed by atoms with Crippen LogP contribution in [0.3, 0.4) is 0 Å². The standard InChI is InChI=1S/C26H28N2O6/c1-15(12-24(29)28-21-10-11-33-23(21)13-22(28)25(30)31)27-26(32)34-14-20-18-8-4-2-6-16(18)17-7-3-5-9-19(17)20/h2-9,15,20-23H,10-14H2,1H3,(H,27,32)(H,30,31)/t15?,21-,22?,23-/m0/s1. The second-order valence-electron chi connectivity index (χ2n) is 9.23. The molecule has 4 atom stereocenters. The Bertz CT molecular complexity index is 1070. The van der Waals surface area contributed by atoms with Gasteiger partial charge in [-0.2, -0.15) is 0 Å². The fourth-order valence-corrected chi connectivity index (χ4v) is 5.58. The Morgan fingerprint density at radius 2 is 1.76 bits per heavy atom. The lowest BCUT2D eigenvalue weighted by Crippen LogP contribution is -2.47. The number of hydrogen-bond acceptors (Lipinski definition) is 5. The topological polar surface area (TPSA) is 105 Å². The quantitative estimate of drug-likeness (QED) is 0.681. The second kappa shape index (κ2) is 9.10. The van der Waals surface area contributed by atoms with Crippen LogP contribution in [0.1, 0.15) is 43.2 Å². The van der Waals surface area contributed by atoms with Gasteiger partial charge in [0.05, 0.1) is 12.1 Å². The Labute approximate surface area is 197 Å². The molecular formula is C26H28N2O6. The lowest BCUT2D eigenvalue weighted by Gasteiger charge is -2.28. The number of nitrogens with one attached hydrogen (secondary N) is 1. The first-order valence-electron chi connectivity index (χ1n) is 11.7. The van der Waals surface area contributed by atoms with Crippen LogP contribution in [0, 0.1) is 0 Å². The summed E-state index contributed by atoms with van der Waals surface area (Å²) in [5.74, 6) is -1.37. The molecule has 2 aliphatic heterocycles. The van der Waals surface area contributed by atoms with Crippen LogP contribution in [0.15, 0.2) is 48.5 Å². The van der Waals surface area contributed by atoms with Crippen LogP contribution in [0.25, 0.3) is 11.1 Å². The van der Waals surface area contributed by atoms with Crippen LogP contribution in [0.4, 0.5) is 4.79 Å². The van der Waals surface area contributed by atoms with Gasteiger partial charge >= 0.3 is 12.1 Å². The zero-order chi connectivity index (χ0) is 23.8. The first-order chi connectivity index (χ1) is 16.4. The molecule has 8 heteroatoms. The second-order valence-corrected chi connectivity index (χ2v) is 9.23. The molecule has 2 saturated heterocycles. The molecule has 2 fully saturated rings. The van der Waals surface area contributed by atoms with Crippen molar-refractivity contribution < 1.29 is 29.0 Å². The van der Waals surface area contributed by atoms with Gasteiger partial charge in [0.15, 0.2) is 0 Å². The highest BCUT2D eigenvalue weighted by Crippen LogP contribution is 2.44. The van der Waals surface area contributed by atoms with Crippen molar-refractivity contribution in [3.63, 3.8) is 0 Å². The van der Waals surface area contributed by atoms with E-state index < -0.39 is 24.1 Å². The molecule has 0 saturated carbocycles. The Hall–Kier alpha value is -3.39. The van der Waals surface area contributed by atoms with Crippen molar-refractivity contribution in [1.29, 1.82) is 0 Å². The van der Waals surface area contributed by atoms with Gasteiger partial charge in [0.25, 0.3) is 0 Å². The molecule has 0 bridgehead atoms. The van der Waals surface area contributed by atoms with Crippen molar-refractivity contribution in [2.45, 2.75) is 56.3 Å². The third kappa shape index (κ3) is 4.03. The van der Waals surface area contributed by atoms with Gasteiger partial charge in [-0.05, 0) is 35.6 Å². The van der Waals surface area contributed by atoms with Gasteiger partial charge in [0, 0.05) is 31.4 Å². The molecule has 1 aliphatic carbocycles. The maximum atomic E-state index is 13.0. The summed E-state index contributed by atoms with van der Waals surface area (Å²) in [6.07, 6.45) is 0.113. The molecule has 0 aromatic heterocycles. The van der Waals surface area contributed by atoms with E-state index in [2.05, 4.69) is 29.6 Å². The number of carbonyl (C=O) groups is 3. The number of nitrogens with zero attached hydrogens (tertiary/aromatic N) is 1. The van der Waals surface area contributed by atoms with Gasteiger partial charge in [-0.25, -0.2) is 9.59 Å².